The Bertz CT molecular complexity index is 697. The first-order valence-electron chi connectivity index (χ1n) is 10.4. The number of hydrogen-bond donors (Lipinski definition) is 2. The number of carbonyl (C=O) groups excluding carboxylic acids is 1. The van der Waals surface area contributed by atoms with Gasteiger partial charge in [0, 0.05) is 27.2 Å². The maximum Gasteiger partial charge on any atom is 0.230 e. The van der Waals surface area contributed by atoms with Crippen LogP contribution >= 0.6 is 0 Å². The predicted molar refractivity (Wildman–Crippen MR) is 117 cm³/mol. The largest absolute Gasteiger partial charge is 0.493 e. The summed E-state index contributed by atoms with van der Waals surface area (Å²) in [4.78, 5) is 19.2. The van der Waals surface area contributed by atoms with Crippen molar-refractivity contribution in [3.05, 3.63) is 23.8 Å². The van der Waals surface area contributed by atoms with Crippen molar-refractivity contribution in [2.45, 2.75) is 39.0 Å². The van der Waals surface area contributed by atoms with Gasteiger partial charge in [0.1, 0.15) is 0 Å². The third-order valence-corrected chi connectivity index (χ3v) is 5.46. The van der Waals surface area contributed by atoms with Gasteiger partial charge in [-0.25, -0.2) is 0 Å². The number of methoxy groups -OCH3 is 2. The summed E-state index contributed by atoms with van der Waals surface area (Å²) in [5, 5.41) is 6.67. The van der Waals surface area contributed by atoms with Crippen molar-refractivity contribution in [1.29, 1.82) is 0 Å². The summed E-state index contributed by atoms with van der Waals surface area (Å²) in [6, 6.07) is 5.95. The Morgan fingerprint density at radius 3 is 2.41 bits per heavy atom. The molecule has 0 heterocycles. The summed E-state index contributed by atoms with van der Waals surface area (Å²) in [7, 11) is 6.94. The molecule has 0 saturated heterocycles. The van der Waals surface area contributed by atoms with Gasteiger partial charge in [-0.1, -0.05) is 18.9 Å². The first-order valence-corrected chi connectivity index (χ1v) is 10.4. The van der Waals surface area contributed by atoms with E-state index in [-0.39, 0.29) is 11.3 Å². The molecule has 0 bridgehead atoms. The van der Waals surface area contributed by atoms with E-state index in [0.29, 0.717) is 6.54 Å². The molecule has 1 aliphatic carbocycles. The molecule has 162 valence electrons. The zero-order valence-corrected chi connectivity index (χ0v) is 18.5. The summed E-state index contributed by atoms with van der Waals surface area (Å²) < 4.78 is 10.7. The molecule has 2 rings (SSSR count). The molecule has 0 atom stereocenters. The Morgan fingerprint density at radius 2 is 1.83 bits per heavy atom. The molecule has 2 N–H and O–H groups in total. The van der Waals surface area contributed by atoms with Crippen LogP contribution in [0.2, 0.25) is 0 Å². The number of nitrogens with one attached hydrogen (secondary N) is 2. The number of aliphatic imine (C=N–C) groups is 1. The first-order chi connectivity index (χ1) is 14.0. The monoisotopic (exact) mass is 404 g/mol. The van der Waals surface area contributed by atoms with E-state index in [4.69, 9.17) is 14.5 Å². The van der Waals surface area contributed by atoms with E-state index >= 15 is 0 Å². The Balaban J connectivity index is 1.99. The molecule has 1 aromatic carbocycles. The lowest BCUT2D eigenvalue weighted by Gasteiger charge is -2.29. The summed E-state index contributed by atoms with van der Waals surface area (Å²) in [6.45, 7) is 4.07. The standard InChI is InChI=1S/C22H36N4O3/c1-6-23-21(25-16-22(12-7-8-13-22)20(27)26(2)3)24-14-11-17-9-10-18(28-4)19(15-17)29-5/h9-10,15H,6-8,11-14,16H2,1-5H3,(H2,23,24,25). The van der Waals surface area contributed by atoms with Crippen LogP contribution in [-0.2, 0) is 11.2 Å². The van der Waals surface area contributed by atoms with Crippen LogP contribution in [0.5, 0.6) is 11.5 Å². The summed E-state index contributed by atoms with van der Waals surface area (Å²) in [6.07, 6.45) is 4.85. The van der Waals surface area contributed by atoms with E-state index in [1.807, 2.05) is 39.2 Å². The van der Waals surface area contributed by atoms with Gasteiger partial charge in [-0.15, -0.1) is 0 Å². The molecular weight excluding hydrogens is 368 g/mol. The van der Waals surface area contributed by atoms with Gasteiger partial charge in [0.05, 0.1) is 26.2 Å². The average Bonchev–Trinajstić information content (AvgIpc) is 3.21. The number of nitrogens with zero attached hydrogens (tertiary/aromatic N) is 2. The zero-order chi connectivity index (χ0) is 21.3. The number of amides is 1. The van der Waals surface area contributed by atoms with Gasteiger partial charge >= 0.3 is 0 Å². The predicted octanol–water partition coefficient (Wildman–Crippen LogP) is 2.45. The lowest BCUT2D eigenvalue weighted by molar-refractivity contribution is -0.138. The molecule has 1 saturated carbocycles. The molecule has 7 heteroatoms. The third-order valence-electron chi connectivity index (χ3n) is 5.46. The average molecular weight is 405 g/mol. The molecule has 0 aromatic heterocycles. The molecule has 0 spiro atoms. The summed E-state index contributed by atoms with van der Waals surface area (Å²) in [5.41, 5.74) is 0.802. The van der Waals surface area contributed by atoms with E-state index in [1.165, 1.54) is 0 Å². The highest BCUT2D eigenvalue weighted by Crippen LogP contribution is 2.39. The molecule has 0 aliphatic heterocycles. The Labute approximate surface area is 174 Å². The molecule has 1 fully saturated rings. The van der Waals surface area contributed by atoms with Crippen molar-refractivity contribution in [3.63, 3.8) is 0 Å². The Kier molecular flexibility index (Phi) is 8.61. The third kappa shape index (κ3) is 6.02. The quantitative estimate of drug-likeness (QED) is 0.488. The fraction of sp³-hybridized carbons (Fsp3) is 0.636. The summed E-state index contributed by atoms with van der Waals surface area (Å²) >= 11 is 0. The molecule has 1 amide bonds. The van der Waals surface area contributed by atoms with Gasteiger partial charge in [-0.2, -0.15) is 0 Å². The van der Waals surface area contributed by atoms with E-state index < -0.39 is 0 Å². The maximum atomic E-state index is 12.7. The van der Waals surface area contributed by atoms with Crippen molar-refractivity contribution in [3.8, 4) is 11.5 Å². The maximum absolute atomic E-state index is 12.7. The fourth-order valence-corrected chi connectivity index (χ4v) is 3.90. The summed E-state index contributed by atoms with van der Waals surface area (Å²) in [5.74, 6) is 2.41. The van der Waals surface area contributed by atoms with E-state index in [1.54, 1.807) is 19.1 Å². The molecule has 7 nitrogen and oxygen atoms in total. The second-order valence-corrected chi connectivity index (χ2v) is 7.75. The van der Waals surface area contributed by atoms with Gasteiger partial charge in [-0.05, 0) is 43.9 Å². The van der Waals surface area contributed by atoms with Crippen LogP contribution in [0.4, 0.5) is 0 Å². The molecule has 1 aromatic rings. The zero-order valence-electron chi connectivity index (χ0n) is 18.5. The molecule has 0 unspecified atom stereocenters. The van der Waals surface area contributed by atoms with Crippen LogP contribution in [0, 0.1) is 5.41 Å². The van der Waals surface area contributed by atoms with Crippen molar-refractivity contribution in [2.75, 3.05) is 47.9 Å². The SMILES string of the molecule is CCNC(=NCC1(C(=O)N(C)C)CCCC1)NCCc1ccc(OC)c(OC)c1. The number of benzene rings is 1. The van der Waals surface area contributed by atoms with Crippen LogP contribution in [0.3, 0.4) is 0 Å². The highest BCUT2D eigenvalue weighted by atomic mass is 16.5. The number of rotatable bonds is 9. The lowest BCUT2D eigenvalue weighted by atomic mass is 9.85. The van der Waals surface area contributed by atoms with Crippen LogP contribution in [0.1, 0.15) is 38.2 Å². The minimum absolute atomic E-state index is 0.194. The highest BCUT2D eigenvalue weighted by Gasteiger charge is 2.42. The van der Waals surface area contributed by atoms with Crippen molar-refractivity contribution in [1.82, 2.24) is 15.5 Å². The molecule has 1 aliphatic rings. The highest BCUT2D eigenvalue weighted by molar-refractivity contribution is 5.84. The van der Waals surface area contributed by atoms with E-state index in [0.717, 1.165) is 68.2 Å². The number of ether oxygens (including phenoxy) is 2. The van der Waals surface area contributed by atoms with Crippen LogP contribution in [-0.4, -0.2) is 64.7 Å². The smallest absolute Gasteiger partial charge is 0.230 e. The fourth-order valence-electron chi connectivity index (χ4n) is 3.90. The van der Waals surface area contributed by atoms with Gasteiger partial charge in [-0.3, -0.25) is 9.79 Å². The van der Waals surface area contributed by atoms with Crippen LogP contribution in [0.25, 0.3) is 0 Å². The molecule has 29 heavy (non-hydrogen) atoms. The first kappa shape index (κ1) is 22.8. The Morgan fingerprint density at radius 1 is 1.14 bits per heavy atom. The number of hydrogen-bond acceptors (Lipinski definition) is 4. The second kappa shape index (κ2) is 10.9. The van der Waals surface area contributed by atoms with Crippen molar-refractivity contribution >= 4 is 11.9 Å². The lowest BCUT2D eigenvalue weighted by Crippen LogP contribution is -2.43. The van der Waals surface area contributed by atoms with Crippen LogP contribution in [0.15, 0.2) is 23.2 Å². The minimum Gasteiger partial charge on any atom is -0.493 e. The number of carbonyl (C=O) groups is 1. The Hall–Kier alpha value is -2.44. The second-order valence-electron chi connectivity index (χ2n) is 7.75. The van der Waals surface area contributed by atoms with Gasteiger partial charge in [0.2, 0.25) is 5.91 Å². The normalized spacial score (nSPS) is 15.7. The van der Waals surface area contributed by atoms with Gasteiger partial charge < -0.3 is 25.0 Å². The van der Waals surface area contributed by atoms with Gasteiger partial charge in [0.15, 0.2) is 17.5 Å². The minimum atomic E-state index is -0.352. The van der Waals surface area contributed by atoms with Gasteiger partial charge in [0.25, 0.3) is 0 Å². The number of guanidine groups is 1. The van der Waals surface area contributed by atoms with E-state index in [2.05, 4.69) is 10.6 Å². The molecular formula is C22H36N4O3. The van der Waals surface area contributed by atoms with E-state index in [9.17, 15) is 4.79 Å². The van der Waals surface area contributed by atoms with Crippen molar-refractivity contribution < 1.29 is 14.3 Å². The topological polar surface area (TPSA) is 75.2 Å². The van der Waals surface area contributed by atoms with Crippen molar-refractivity contribution in [2.24, 2.45) is 10.4 Å². The van der Waals surface area contributed by atoms with Crippen LogP contribution < -0.4 is 20.1 Å². The molecule has 0 radical (unpaired) electrons.